The first-order chi connectivity index (χ1) is 15.6. The van der Waals surface area contributed by atoms with Crippen molar-refractivity contribution in [2.45, 2.75) is 20.4 Å². The van der Waals surface area contributed by atoms with Gasteiger partial charge in [-0.2, -0.15) is 19.7 Å². The van der Waals surface area contributed by atoms with Crippen molar-refractivity contribution in [2.75, 3.05) is 0 Å². The number of hydrogen-bond donors (Lipinski definition) is 0. The Bertz CT molecular complexity index is 1640. The van der Waals surface area contributed by atoms with Gasteiger partial charge >= 0.3 is 0 Å². The second-order valence-electron chi connectivity index (χ2n) is 7.72. The van der Waals surface area contributed by atoms with Gasteiger partial charge in [0.15, 0.2) is 11.5 Å². The third kappa shape index (κ3) is 2.71. The first-order valence-corrected chi connectivity index (χ1v) is 10.2. The maximum Gasteiger partial charge on any atom is 0.274 e. The van der Waals surface area contributed by atoms with Crippen molar-refractivity contribution in [1.29, 1.82) is 0 Å². The molecule has 0 aliphatic carbocycles. The lowest BCUT2D eigenvalue weighted by atomic mass is 10.2. The molecule has 4 heterocycles. The molecule has 0 saturated carbocycles. The maximum absolute atomic E-state index is 13.1. The van der Waals surface area contributed by atoms with E-state index in [-0.39, 0.29) is 12.5 Å². The third-order valence-corrected chi connectivity index (χ3v) is 5.52. The Labute approximate surface area is 181 Å². The molecule has 9 nitrogen and oxygen atoms in total. The molecule has 0 amide bonds. The van der Waals surface area contributed by atoms with Crippen LogP contribution in [-0.2, 0) is 6.54 Å². The summed E-state index contributed by atoms with van der Waals surface area (Å²) in [6, 6.07) is 19.5. The fourth-order valence-electron chi connectivity index (χ4n) is 4.12. The largest absolute Gasteiger partial charge is 0.314 e. The summed E-state index contributed by atoms with van der Waals surface area (Å²) >= 11 is 0. The van der Waals surface area contributed by atoms with E-state index in [1.54, 1.807) is 4.52 Å². The summed E-state index contributed by atoms with van der Waals surface area (Å²) in [5, 5.41) is 18.6. The Kier molecular flexibility index (Phi) is 3.91. The van der Waals surface area contributed by atoms with Gasteiger partial charge in [-0.1, -0.05) is 48.5 Å². The van der Waals surface area contributed by atoms with E-state index in [1.165, 1.54) is 4.68 Å². The average molecular weight is 422 g/mol. The molecule has 0 aliphatic heterocycles. The van der Waals surface area contributed by atoms with Crippen molar-refractivity contribution in [3.8, 4) is 11.4 Å². The van der Waals surface area contributed by atoms with E-state index >= 15 is 0 Å². The van der Waals surface area contributed by atoms with E-state index in [0.29, 0.717) is 22.8 Å². The van der Waals surface area contributed by atoms with Crippen LogP contribution in [-0.4, -0.2) is 45.1 Å². The molecule has 32 heavy (non-hydrogen) atoms. The number of hydrogen-bond acceptors (Lipinski definition) is 6. The molecule has 2 aromatic carbocycles. The quantitative estimate of drug-likeness (QED) is 0.433. The molecule has 156 valence electrons. The number of benzene rings is 2. The molecule has 9 heteroatoms. The van der Waals surface area contributed by atoms with Gasteiger partial charge < -0.3 is 4.57 Å². The summed E-state index contributed by atoms with van der Waals surface area (Å²) in [7, 11) is 0. The summed E-state index contributed by atoms with van der Waals surface area (Å²) in [4.78, 5) is 17.8. The highest BCUT2D eigenvalue weighted by Crippen LogP contribution is 2.27. The molecule has 0 spiro atoms. The molecule has 0 N–H and O–H groups in total. The normalized spacial score (nSPS) is 11.7. The van der Waals surface area contributed by atoms with E-state index in [4.69, 9.17) is 10.1 Å². The molecule has 0 aliphatic rings. The van der Waals surface area contributed by atoms with E-state index in [2.05, 4.69) is 15.3 Å². The van der Waals surface area contributed by atoms with E-state index in [1.807, 2.05) is 79.1 Å². The van der Waals surface area contributed by atoms with Crippen LogP contribution >= 0.6 is 0 Å². The molecule has 6 aromatic rings. The zero-order chi connectivity index (χ0) is 21.8. The Morgan fingerprint density at radius 3 is 2.50 bits per heavy atom. The van der Waals surface area contributed by atoms with Crippen LogP contribution in [0.4, 0.5) is 0 Å². The predicted octanol–water partition coefficient (Wildman–Crippen LogP) is 3.45. The number of carbonyl (C=O) groups excluding carboxylic acids is 1. The highest BCUT2D eigenvalue weighted by atomic mass is 16.2. The van der Waals surface area contributed by atoms with Crippen LogP contribution in [0.3, 0.4) is 0 Å². The van der Waals surface area contributed by atoms with Crippen LogP contribution in [0.1, 0.15) is 16.2 Å². The molecular formula is C23H18N8O. The van der Waals surface area contributed by atoms with Gasteiger partial charge in [-0.05, 0) is 26.0 Å². The van der Waals surface area contributed by atoms with Crippen LogP contribution in [0, 0.1) is 13.8 Å². The average Bonchev–Trinajstić information content (AvgIpc) is 3.47. The minimum atomic E-state index is -0.147. The number of para-hydroxylation sites is 1. The second-order valence-corrected chi connectivity index (χ2v) is 7.72. The molecule has 0 saturated heterocycles. The van der Waals surface area contributed by atoms with Gasteiger partial charge in [0.1, 0.15) is 12.1 Å². The summed E-state index contributed by atoms with van der Waals surface area (Å²) < 4.78 is 4.96. The molecule has 6 rings (SSSR count). The monoisotopic (exact) mass is 422 g/mol. The fourth-order valence-corrected chi connectivity index (χ4v) is 4.12. The van der Waals surface area contributed by atoms with E-state index in [9.17, 15) is 4.79 Å². The number of rotatable bonds is 3. The first kappa shape index (κ1) is 18.4. The van der Waals surface area contributed by atoms with Crippen LogP contribution in [0.15, 0.2) is 60.7 Å². The van der Waals surface area contributed by atoms with Gasteiger partial charge in [0, 0.05) is 16.6 Å². The van der Waals surface area contributed by atoms with Crippen LogP contribution in [0.2, 0.25) is 0 Å². The van der Waals surface area contributed by atoms with Crippen LogP contribution < -0.4 is 0 Å². The topological polar surface area (TPSA) is 95.8 Å². The zero-order valence-corrected chi connectivity index (χ0v) is 17.5. The molecule has 4 aromatic heterocycles. The van der Waals surface area contributed by atoms with E-state index < -0.39 is 0 Å². The highest BCUT2D eigenvalue weighted by Gasteiger charge is 2.20. The number of aryl methyl sites for hydroxylation is 2. The van der Waals surface area contributed by atoms with Gasteiger partial charge in [0.25, 0.3) is 11.7 Å². The molecular weight excluding hydrogens is 404 g/mol. The zero-order valence-electron chi connectivity index (χ0n) is 17.5. The van der Waals surface area contributed by atoms with Crippen molar-refractivity contribution in [2.24, 2.45) is 0 Å². The summed E-state index contributed by atoms with van der Waals surface area (Å²) in [6.07, 6.45) is 0. The van der Waals surface area contributed by atoms with Gasteiger partial charge in [0.05, 0.1) is 11.2 Å². The van der Waals surface area contributed by atoms with Gasteiger partial charge in [0.2, 0.25) is 0 Å². The lowest BCUT2D eigenvalue weighted by Gasteiger charge is -2.07. The minimum Gasteiger partial charge on any atom is -0.314 e. The standard InChI is InChI=1S/C23H18N8O/c1-14-12-15(2)30(27-14)19(32)13-29-18-11-7-6-10-17(18)20-22(29)24-23-26-25-21(31(23)28-20)16-8-4-3-5-9-16/h3-12H,13H2,1-2H3. The smallest absolute Gasteiger partial charge is 0.274 e. The summed E-state index contributed by atoms with van der Waals surface area (Å²) in [5.41, 5.74) is 4.65. The molecule has 0 fully saturated rings. The Hall–Kier alpha value is -4.40. The van der Waals surface area contributed by atoms with Crippen molar-refractivity contribution >= 4 is 33.8 Å². The van der Waals surface area contributed by atoms with Gasteiger partial charge in [-0.15, -0.1) is 10.2 Å². The maximum atomic E-state index is 13.1. The van der Waals surface area contributed by atoms with Crippen LogP contribution in [0.25, 0.3) is 39.2 Å². The lowest BCUT2D eigenvalue weighted by Crippen LogP contribution is -2.20. The molecule has 0 radical (unpaired) electrons. The molecule has 0 atom stereocenters. The lowest BCUT2D eigenvalue weighted by molar-refractivity contribution is 0.0875. The molecule has 0 unspecified atom stereocenters. The molecule has 0 bridgehead atoms. The van der Waals surface area contributed by atoms with Crippen molar-refractivity contribution in [1.82, 2.24) is 39.1 Å². The number of carbonyl (C=O) groups is 1. The van der Waals surface area contributed by atoms with Crippen molar-refractivity contribution in [3.05, 3.63) is 72.1 Å². The fraction of sp³-hybridized carbons (Fsp3) is 0.130. The number of nitrogens with zero attached hydrogens (tertiary/aromatic N) is 8. The minimum absolute atomic E-state index is 0.0799. The summed E-state index contributed by atoms with van der Waals surface area (Å²) in [6.45, 7) is 3.82. The van der Waals surface area contributed by atoms with Gasteiger partial charge in [-0.25, -0.2) is 4.68 Å². The number of aromatic nitrogens is 8. The highest BCUT2D eigenvalue weighted by molar-refractivity contribution is 6.05. The Morgan fingerprint density at radius 1 is 0.938 bits per heavy atom. The second kappa shape index (κ2) is 6.81. The van der Waals surface area contributed by atoms with Crippen molar-refractivity contribution < 1.29 is 4.79 Å². The third-order valence-electron chi connectivity index (χ3n) is 5.52. The Morgan fingerprint density at radius 2 is 1.72 bits per heavy atom. The van der Waals surface area contributed by atoms with Gasteiger partial charge in [-0.3, -0.25) is 4.79 Å². The van der Waals surface area contributed by atoms with Crippen LogP contribution in [0.5, 0.6) is 0 Å². The Balaban J connectivity index is 1.57. The number of fused-ring (bicyclic) bond motifs is 4. The predicted molar refractivity (Wildman–Crippen MR) is 119 cm³/mol. The van der Waals surface area contributed by atoms with E-state index in [0.717, 1.165) is 27.9 Å². The first-order valence-electron chi connectivity index (χ1n) is 10.2. The summed E-state index contributed by atoms with van der Waals surface area (Å²) in [5.74, 6) is 0.843. The van der Waals surface area contributed by atoms with Crippen molar-refractivity contribution in [3.63, 3.8) is 0 Å². The SMILES string of the molecule is Cc1cc(C)n(C(=O)Cn2c3ccccc3c3nn4c(-c5ccccc5)nnc4nc32)n1.